The van der Waals surface area contributed by atoms with Crippen molar-refractivity contribution in [3.8, 4) is 11.5 Å². The van der Waals surface area contributed by atoms with Crippen LogP contribution in [0.2, 0.25) is 5.02 Å². The molecule has 1 aromatic carbocycles. The average Bonchev–Trinajstić information content (AvgIpc) is 2.68. The average molecular weight is 270 g/mol. The SMILES string of the molecule is NC1COCCc2c(Cl)cc3c(c21)OCCCO3. The maximum Gasteiger partial charge on any atom is 0.166 e. The Morgan fingerprint density at radius 3 is 2.94 bits per heavy atom. The molecule has 0 radical (unpaired) electrons. The first kappa shape index (κ1) is 12.1. The molecule has 0 aliphatic carbocycles. The van der Waals surface area contributed by atoms with Gasteiger partial charge in [-0.2, -0.15) is 0 Å². The fourth-order valence-corrected chi connectivity index (χ4v) is 2.75. The molecular weight excluding hydrogens is 254 g/mol. The van der Waals surface area contributed by atoms with E-state index in [9.17, 15) is 0 Å². The van der Waals surface area contributed by atoms with Crippen LogP contribution in [0.5, 0.6) is 11.5 Å². The molecule has 5 heteroatoms. The number of ether oxygens (including phenoxy) is 3. The van der Waals surface area contributed by atoms with Crippen molar-refractivity contribution < 1.29 is 14.2 Å². The molecule has 98 valence electrons. The van der Waals surface area contributed by atoms with Gasteiger partial charge in [-0.1, -0.05) is 11.6 Å². The van der Waals surface area contributed by atoms with Crippen molar-refractivity contribution in [3.63, 3.8) is 0 Å². The number of rotatable bonds is 0. The van der Waals surface area contributed by atoms with E-state index in [0.29, 0.717) is 37.2 Å². The van der Waals surface area contributed by atoms with Crippen LogP contribution in [0.3, 0.4) is 0 Å². The highest BCUT2D eigenvalue weighted by Crippen LogP contribution is 2.43. The fourth-order valence-electron chi connectivity index (χ4n) is 2.45. The highest BCUT2D eigenvalue weighted by Gasteiger charge is 2.27. The van der Waals surface area contributed by atoms with Gasteiger partial charge in [0, 0.05) is 23.1 Å². The molecule has 18 heavy (non-hydrogen) atoms. The predicted molar refractivity (Wildman–Crippen MR) is 68.5 cm³/mol. The third-order valence-electron chi connectivity index (χ3n) is 3.30. The van der Waals surface area contributed by atoms with E-state index in [1.54, 1.807) is 0 Å². The summed E-state index contributed by atoms with van der Waals surface area (Å²) in [7, 11) is 0. The van der Waals surface area contributed by atoms with Gasteiger partial charge in [-0.15, -0.1) is 0 Å². The van der Waals surface area contributed by atoms with Gasteiger partial charge in [-0.25, -0.2) is 0 Å². The summed E-state index contributed by atoms with van der Waals surface area (Å²) in [6.07, 6.45) is 1.63. The molecule has 0 spiro atoms. The van der Waals surface area contributed by atoms with Crippen molar-refractivity contribution in [2.24, 2.45) is 5.73 Å². The molecule has 0 aromatic heterocycles. The van der Waals surface area contributed by atoms with E-state index >= 15 is 0 Å². The van der Waals surface area contributed by atoms with Gasteiger partial charge >= 0.3 is 0 Å². The number of halogens is 1. The summed E-state index contributed by atoms with van der Waals surface area (Å²) in [5.41, 5.74) is 8.16. The molecule has 2 aliphatic heterocycles. The highest BCUT2D eigenvalue weighted by molar-refractivity contribution is 6.31. The summed E-state index contributed by atoms with van der Waals surface area (Å²) in [5.74, 6) is 1.46. The molecule has 0 amide bonds. The molecule has 2 N–H and O–H groups in total. The van der Waals surface area contributed by atoms with Crippen molar-refractivity contribution >= 4 is 11.6 Å². The van der Waals surface area contributed by atoms with Crippen LogP contribution in [-0.4, -0.2) is 26.4 Å². The first-order chi connectivity index (χ1) is 8.77. The second-order valence-electron chi connectivity index (χ2n) is 4.56. The van der Waals surface area contributed by atoms with Crippen molar-refractivity contribution in [2.45, 2.75) is 18.9 Å². The van der Waals surface area contributed by atoms with Crippen LogP contribution in [0, 0.1) is 0 Å². The van der Waals surface area contributed by atoms with Crippen LogP contribution < -0.4 is 15.2 Å². The molecule has 4 nitrogen and oxygen atoms in total. The van der Waals surface area contributed by atoms with E-state index in [4.69, 9.17) is 31.5 Å². The van der Waals surface area contributed by atoms with Crippen molar-refractivity contribution in [1.82, 2.24) is 0 Å². The minimum Gasteiger partial charge on any atom is -0.489 e. The summed E-state index contributed by atoms with van der Waals surface area (Å²) in [6.45, 7) is 2.42. The quantitative estimate of drug-likeness (QED) is 0.783. The normalized spacial score (nSPS) is 22.9. The van der Waals surface area contributed by atoms with Gasteiger partial charge in [-0.3, -0.25) is 0 Å². The van der Waals surface area contributed by atoms with Crippen LogP contribution in [0.15, 0.2) is 6.07 Å². The number of hydrogen-bond acceptors (Lipinski definition) is 4. The van der Waals surface area contributed by atoms with Crippen LogP contribution in [-0.2, 0) is 11.2 Å². The second-order valence-corrected chi connectivity index (χ2v) is 4.97. The van der Waals surface area contributed by atoms with Gasteiger partial charge < -0.3 is 19.9 Å². The summed E-state index contributed by atoms with van der Waals surface area (Å²) in [6, 6.07) is 1.62. The molecule has 1 unspecified atom stereocenters. The number of benzene rings is 1. The Balaban J connectivity index is 2.17. The van der Waals surface area contributed by atoms with Gasteiger partial charge in [-0.05, 0) is 12.0 Å². The van der Waals surface area contributed by atoms with Crippen molar-refractivity contribution in [1.29, 1.82) is 0 Å². The van der Waals surface area contributed by atoms with E-state index in [1.807, 2.05) is 6.07 Å². The molecule has 1 aromatic rings. The Hall–Kier alpha value is -0.970. The molecule has 0 saturated carbocycles. The largest absolute Gasteiger partial charge is 0.489 e. The smallest absolute Gasteiger partial charge is 0.166 e. The van der Waals surface area contributed by atoms with E-state index in [2.05, 4.69) is 0 Å². The lowest BCUT2D eigenvalue weighted by Gasteiger charge is -2.19. The van der Waals surface area contributed by atoms with Crippen molar-refractivity contribution in [2.75, 3.05) is 26.4 Å². The van der Waals surface area contributed by atoms with Crippen LogP contribution in [0.1, 0.15) is 23.6 Å². The topological polar surface area (TPSA) is 53.7 Å². The third kappa shape index (κ3) is 2.05. The van der Waals surface area contributed by atoms with Gasteiger partial charge in [0.2, 0.25) is 0 Å². The zero-order chi connectivity index (χ0) is 12.5. The van der Waals surface area contributed by atoms with Gasteiger partial charge in [0.15, 0.2) is 11.5 Å². The zero-order valence-electron chi connectivity index (χ0n) is 10.1. The van der Waals surface area contributed by atoms with Gasteiger partial charge in [0.25, 0.3) is 0 Å². The minimum atomic E-state index is -0.211. The number of nitrogens with two attached hydrogens (primary N) is 1. The van der Waals surface area contributed by atoms with E-state index in [0.717, 1.165) is 29.7 Å². The molecule has 2 aliphatic rings. The molecule has 0 fully saturated rings. The molecule has 2 heterocycles. The predicted octanol–water partition coefficient (Wildman–Crippen LogP) is 2.07. The summed E-state index contributed by atoms with van der Waals surface area (Å²) >= 11 is 6.32. The molecule has 0 bridgehead atoms. The standard InChI is InChI=1S/C13H16ClNO3/c14-9-6-11-13(18-4-1-3-17-11)12-8(9)2-5-16-7-10(12)15/h6,10H,1-5,7,15H2. The van der Waals surface area contributed by atoms with Gasteiger partial charge in [0.05, 0.1) is 32.5 Å². The Bertz CT molecular complexity index is 464. The monoisotopic (exact) mass is 269 g/mol. The maximum absolute atomic E-state index is 6.32. The Morgan fingerprint density at radius 1 is 1.22 bits per heavy atom. The second kappa shape index (κ2) is 4.96. The molecule has 3 rings (SSSR count). The lowest BCUT2D eigenvalue weighted by Crippen LogP contribution is -2.17. The van der Waals surface area contributed by atoms with Crippen LogP contribution in [0.25, 0.3) is 0 Å². The molecule has 0 saturated heterocycles. The molecular formula is C13H16ClNO3. The highest BCUT2D eigenvalue weighted by atomic mass is 35.5. The summed E-state index contributed by atoms with van der Waals surface area (Å²) in [4.78, 5) is 0. The fraction of sp³-hybridized carbons (Fsp3) is 0.538. The maximum atomic E-state index is 6.32. The first-order valence-electron chi connectivity index (χ1n) is 6.21. The van der Waals surface area contributed by atoms with Crippen molar-refractivity contribution in [3.05, 3.63) is 22.2 Å². The summed E-state index contributed by atoms with van der Waals surface area (Å²) < 4.78 is 17.0. The summed E-state index contributed by atoms with van der Waals surface area (Å²) in [5, 5.41) is 0.690. The lowest BCUT2D eigenvalue weighted by molar-refractivity contribution is 0.130. The first-order valence-corrected chi connectivity index (χ1v) is 6.59. The Labute approximate surface area is 111 Å². The number of hydrogen-bond donors (Lipinski definition) is 1. The third-order valence-corrected chi connectivity index (χ3v) is 3.63. The number of fused-ring (bicyclic) bond motifs is 3. The minimum absolute atomic E-state index is 0.211. The van der Waals surface area contributed by atoms with E-state index < -0.39 is 0 Å². The molecule has 1 atom stereocenters. The lowest BCUT2D eigenvalue weighted by atomic mass is 9.98. The Morgan fingerprint density at radius 2 is 2.06 bits per heavy atom. The van der Waals surface area contributed by atoms with E-state index in [1.165, 1.54) is 0 Å². The van der Waals surface area contributed by atoms with E-state index in [-0.39, 0.29) is 6.04 Å². The van der Waals surface area contributed by atoms with Gasteiger partial charge in [0.1, 0.15) is 0 Å². The van der Waals surface area contributed by atoms with Crippen LogP contribution >= 0.6 is 11.6 Å². The van der Waals surface area contributed by atoms with Crippen LogP contribution in [0.4, 0.5) is 0 Å². The Kier molecular flexibility index (Phi) is 3.33. The zero-order valence-corrected chi connectivity index (χ0v) is 10.8.